The number of aromatic nitrogens is 4. The van der Waals surface area contributed by atoms with Crippen molar-refractivity contribution in [2.75, 3.05) is 23.3 Å². The molecule has 11 heteroatoms. The Balaban J connectivity index is 1.40. The Morgan fingerprint density at radius 2 is 2.03 bits per heavy atom. The maximum atomic E-state index is 14.7. The van der Waals surface area contributed by atoms with Crippen LogP contribution in [0.4, 0.5) is 22.0 Å². The topological polar surface area (TPSA) is 140 Å². The zero-order valence-electron chi connectivity index (χ0n) is 21.6. The molecular formula is C27H31FN8O2. The minimum atomic E-state index is -1.74. The first-order valence-electron chi connectivity index (χ1n) is 12.9. The number of alkyl halides is 1. The molecule has 3 aromatic heterocycles. The number of piperidine rings is 1. The van der Waals surface area contributed by atoms with E-state index in [2.05, 4.69) is 50.5 Å². The third kappa shape index (κ3) is 5.09. The van der Waals surface area contributed by atoms with Gasteiger partial charge in [-0.3, -0.25) is 9.78 Å². The first kappa shape index (κ1) is 25.7. The lowest BCUT2D eigenvalue weighted by molar-refractivity contribution is -0.00860. The lowest BCUT2D eigenvalue weighted by atomic mass is 9.81. The van der Waals surface area contributed by atoms with E-state index in [0.717, 1.165) is 10.9 Å². The van der Waals surface area contributed by atoms with Crippen LogP contribution in [0, 0.1) is 17.2 Å². The molecule has 1 aliphatic heterocycles. The molecule has 5 rings (SSSR count). The molecule has 0 unspecified atom stereocenters. The number of carbonyl (C=O) groups is 1. The zero-order chi connectivity index (χ0) is 27.0. The maximum absolute atomic E-state index is 14.7. The second kappa shape index (κ2) is 10.1. The molecule has 0 radical (unpaired) electrons. The highest BCUT2D eigenvalue weighted by Crippen LogP contribution is 2.31. The van der Waals surface area contributed by atoms with E-state index in [9.17, 15) is 14.3 Å². The average molecular weight is 519 g/mol. The number of nitrogens with zero attached hydrogens (tertiary/aromatic N) is 6. The summed E-state index contributed by atoms with van der Waals surface area (Å²) < 4.78 is 14.7. The van der Waals surface area contributed by atoms with Crippen LogP contribution in [0.15, 0.2) is 30.7 Å². The molecule has 1 saturated heterocycles. The lowest BCUT2D eigenvalue weighted by Crippen LogP contribution is -2.52. The summed E-state index contributed by atoms with van der Waals surface area (Å²) in [6, 6.07) is 5.77. The molecule has 3 N–H and O–H groups in total. The molecule has 198 valence electrons. The molecule has 4 heterocycles. The van der Waals surface area contributed by atoms with E-state index < -0.39 is 11.8 Å². The maximum Gasteiger partial charge on any atom is 0.270 e. The van der Waals surface area contributed by atoms with Crippen LogP contribution in [0.25, 0.3) is 10.8 Å². The van der Waals surface area contributed by atoms with Gasteiger partial charge in [-0.2, -0.15) is 10.2 Å². The minimum absolute atomic E-state index is 0.000536. The van der Waals surface area contributed by atoms with Gasteiger partial charge in [-0.1, -0.05) is 13.8 Å². The summed E-state index contributed by atoms with van der Waals surface area (Å²) in [5.41, 5.74) is -0.464. The Morgan fingerprint density at radius 1 is 1.24 bits per heavy atom. The van der Waals surface area contributed by atoms with Crippen molar-refractivity contribution in [1.29, 1.82) is 5.26 Å². The number of rotatable bonds is 6. The van der Waals surface area contributed by atoms with Crippen LogP contribution in [0.2, 0.25) is 0 Å². The number of carbonyl (C=O) groups excluding carboxylic acids is 1. The van der Waals surface area contributed by atoms with E-state index >= 15 is 0 Å². The number of nitrogens with one attached hydrogen (secondary N) is 2. The minimum Gasteiger partial charge on any atom is -0.390 e. The number of aliphatic hydroxyl groups excluding tert-OH is 1. The third-order valence-corrected chi connectivity index (χ3v) is 7.34. The number of fused-ring (bicyclic) bond motifs is 1. The van der Waals surface area contributed by atoms with Gasteiger partial charge in [0.15, 0.2) is 5.67 Å². The van der Waals surface area contributed by atoms with Gasteiger partial charge in [-0.25, -0.2) is 14.4 Å². The molecule has 1 amide bonds. The van der Waals surface area contributed by atoms with Crippen LogP contribution in [-0.2, 0) is 0 Å². The quantitative estimate of drug-likeness (QED) is 0.446. The molecule has 10 nitrogen and oxygen atoms in total. The first-order chi connectivity index (χ1) is 18.1. The zero-order valence-corrected chi connectivity index (χ0v) is 21.6. The summed E-state index contributed by atoms with van der Waals surface area (Å²) in [5, 5.41) is 26.6. The van der Waals surface area contributed by atoms with Crippen LogP contribution in [0.1, 0.15) is 62.0 Å². The predicted molar refractivity (Wildman–Crippen MR) is 141 cm³/mol. The number of halogens is 1. The van der Waals surface area contributed by atoms with Gasteiger partial charge in [0.1, 0.15) is 17.3 Å². The Labute approximate surface area is 220 Å². The molecule has 1 aliphatic carbocycles. The molecule has 0 aromatic carbocycles. The van der Waals surface area contributed by atoms with Gasteiger partial charge < -0.3 is 20.6 Å². The molecule has 38 heavy (non-hydrogen) atoms. The number of pyridine rings is 2. The van der Waals surface area contributed by atoms with Crippen molar-refractivity contribution in [1.82, 2.24) is 25.3 Å². The van der Waals surface area contributed by atoms with Crippen LogP contribution in [-0.4, -0.2) is 61.9 Å². The first-order valence-corrected chi connectivity index (χ1v) is 12.9. The van der Waals surface area contributed by atoms with Crippen LogP contribution < -0.4 is 15.5 Å². The van der Waals surface area contributed by atoms with Gasteiger partial charge in [0.25, 0.3) is 5.91 Å². The van der Waals surface area contributed by atoms with Gasteiger partial charge >= 0.3 is 0 Å². The van der Waals surface area contributed by atoms with E-state index in [-0.39, 0.29) is 30.3 Å². The molecule has 1 saturated carbocycles. The number of hydrogen-bond acceptors (Lipinski definition) is 9. The van der Waals surface area contributed by atoms with Crippen molar-refractivity contribution in [3.8, 4) is 6.07 Å². The second-order valence-corrected chi connectivity index (χ2v) is 10.7. The van der Waals surface area contributed by atoms with Gasteiger partial charge in [-0.05, 0) is 55.2 Å². The summed E-state index contributed by atoms with van der Waals surface area (Å²) in [6.45, 7) is 5.96. The molecule has 3 aromatic rings. The van der Waals surface area contributed by atoms with Crippen molar-refractivity contribution in [3.05, 3.63) is 42.0 Å². The highest BCUT2D eigenvalue weighted by Gasteiger charge is 2.39. The van der Waals surface area contributed by atoms with E-state index in [1.165, 1.54) is 6.92 Å². The van der Waals surface area contributed by atoms with Crippen molar-refractivity contribution < 1.29 is 14.3 Å². The summed E-state index contributed by atoms with van der Waals surface area (Å²) in [7, 11) is 0. The fourth-order valence-corrected chi connectivity index (χ4v) is 4.97. The molecule has 0 bridgehead atoms. The van der Waals surface area contributed by atoms with Crippen molar-refractivity contribution >= 4 is 34.3 Å². The van der Waals surface area contributed by atoms with E-state index in [1.807, 2.05) is 6.07 Å². The molecular weight excluding hydrogens is 487 g/mol. The highest BCUT2D eigenvalue weighted by molar-refractivity contribution is 6.06. The Hall–Kier alpha value is -3.91. The number of hydrogen-bond donors (Lipinski definition) is 3. The largest absolute Gasteiger partial charge is 0.390 e. The number of aliphatic hydroxyl groups is 1. The van der Waals surface area contributed by atoms with Gasteiger partial charge in [0.2, 0.25) is 5.95 Å². The smallest absolute Gasteiger partial charge is 0.270 e. The standard InChI is InChI=1S/C27H31FN8O2/c1-15(2)19-12-32-24(25(38)33-17-8-16(9-17)11-29)20-13-31-23(10-18(19)20)34-22-4-6-30-26(35-22)36-7-5-21(37)27(3,28)14-36/h4,6,10,12-13,15-17,21,37H,5,7-9,14H2,1-3H3,(H,33,38)(H,30,31,34,35)/t16-,17+,21-,27+/m1/s1. The fraction of sp³-hybridized carbons (Fsp3) is 0.481. The molecule has 2 aliphatic rings. The molecule has 0 spiro atoms. The summed E-state index contributed by atoms with van der Waals surface area (Å²) in [5.74, 6) is 1.27. The summed E-state index contributed by atoms with van der Waals surface area (Å²) in [4.78, 5) is 32.5. The number of amides is 1. The Morgan fingerprint density at radius 3 is 2.74 bits per heavy atom. The Kier molecular flexibility index (Phi) is 6.84. The van der Waals surface area contributed by atoms with Crippen molar-refractivity contribution in [2.24, 2.45) is 5.92 Å². The van der Waals surface area contributed by atoms with Gasteiger partial charge in [-0.15, -0.1) is 0 Å². The normalized spacial score (nSPS) is 25.1. The van der Waals surface area contributed by atoms with Gasteiger partial charge in [0, 0.05) is 36.6 Å². The van der Waals surface area contributed by atoms with E-state index in [4.69, 9.17) is 5.26 Å². The number of nitriles is 1. The lowest BCUT2D eigenvalue weighted by Gasteiger charge is -2.38. The van der Waals surface area contributed by atoms with Crippen molar-refractivity contribution in [3.63, 3.8) is 0 Å². The van der Waals surface area contributed by atoms with E-state index in [0.29, 0.717) is 54.5 Å². The molecule has 2 atom stereocenters. The summed E-state index contributed by atoms with van der Waals surface area (Å²) >= 11 is 0. The highest BCUT2D eigenvalue weighted by atomic mass is 19.1. The van der Waals surface area contributed by atoms with Crippen LogP contribution >= 0.6 is 0 Å². The van der Waals surface area contributed by atoms with Crippen molar-refractivity contribution in [2.45, 2.75) is 63.8 Å². The van der Waals surface area contributed by atoms with Crippen LogP contribution in [0.3, 0.4) is 0 Å². The van der Waals surface area contributed by atoms with E-state index in [1.54, 1.807) is 29.6 Å². The monoisotopic (exact) mass is 518 g/mol. The molecule has 2 fully saturated rings. The fourth-order valence-electron chi connectivity index (χ4n) is 4.97. The summed E-state index contributed by atoms with van der Waals surface area (Å²) in [6.07, 6.45) is 5.54. The SMILES string of the molecule is CC(C)c1cnc(C(=O)N[C@H]2C[C@@H](C#N)C2)c2cnc(Nc3ccnc(N4CC[C@@H](O)[C@@](C)(F)C4)n3)cc12. The second-order valence-electron chi connectivity index (χ2n) is 10.7. The predicted octanol–water partition coefficient (Wildman–Crippen LogP) is 3.62. The third-order valence-electron chi connectivity index (χ3n) is 7.34. The van der Waals surface area contributed by atoms with Gasteiger partial charge in [0.05, 0.1) is 24.6 Å². The van der Waals surface area contributed by atoms with Crippen LogP contribution in [0.5, 0.6) is 0 Å². The average Bonchev–Trinajstić information content (AvgIpc) is 2.86. The number of anilines is 3. The Bertz CT molecular complexity index is 1400.